The molecule has 0 bridgehead atoms. The molecule has 1 atom stereocenters. The lowest BCUT2D eigenvalue weighted by Crippen LogP contribution is -2.50. The number of rotatable bonds is 3. The number of H-pyrrole nitrogens is 1. The number of halogens is 2. The predicted octanol–water partition coefficient (Wildman–Crippen LogP) is 3.19. The number of benzene rings is 1. The summed E-state index contributed by atoms with van der Waals surface area (Å²) in [6.07, 6.45) is 2.77. The number of carbonyl (C=O) groups excluding carboxylic acids is 1. The quantitative estimate of drug-likeness (QED) is 0.800. The molecule has 122 valence electrons. The van der Waals surface area contributed by atoms with Gasteiger partial charge >= 0.3 is 0 Å². The number of anilines is 1. The van der Waals surface area contributed by atoms with Crippen molar-refractivity contribution in [3.8, 4) is 0 Å². The first-order valence-electron chi connectivity index (χ1n) is 7.16. The Balaban J connectivity index is 0.00000121. The number of amides is 1. The third-order valence-electron chi connectivity index (χ3n) is 4.14. The molecule has 2 heterocycles. The molecule has 0 saturated carbocycles. The van der Waals surface area contributed by atoms with Crippen LogP contribution in [0.2, 0.25) is 0 Å². The van der Waals surface area contributed by atoms with Gasteiger partial charge in [-0.2, -0.15) is 0 Å². The van der Waals surface area contributed by atoms with Crippen molar-refractivity contribution in [2.45, 2.75) is 38.6 Å². The number of carbonyl (C=O) groups is 1. The van der Waals surface area contributed by atoms with Crippen molar-refractivity contribution in [1.82, 2.24) is 15.3 Å². The summed E-state index contributed by atoms with van der Waals surface area (Å²) in [6.45, 7) is 4.90. The molecule has 1 saturated heterocycles. The molecule has 3 rings (SSSR count). The SMILES string of the molecule is CCC1(C(=O)Nc2ccc3nc(C)[nH]c3c2)CCCN1.Cl.Cl. The fourth-order valence-electron chi connectivity index (χ4n) is 2.93. The molecule has 1 aromatic heterocycles. The van der Waals surface area contributed by atoms with Gasteiger partial charge in [-0.15, -0.1) is 24.8 Å². The van der Waals surface area contributed by atoms with Gasteiger partial charge < -0.3 is 15.6 Å². The summed E-state index contributed by atoms with van der Waals surface area (Å²) in [4.78, 5) is 20.1. The third kappa shape index (κ3) is 3.37. The Kier molecular flexibility index (Phi) is 6.23. The molecule has 0 radical (unpaired) electrons. The van der Waals surface area contributed by atoms with E-state index in [-0.39, 0.29) is 30.7 Å². The van der Waals surface area contributed by atoms with Crippen LogP contribution in [0.4, 0.5) is 5.69 Å². The van der Waals surface area contributed by atoms with Gasteiger partial charge in [-0.1, -0.05) is 6.92 Å². The van der Waals surface area contributed by atoms with Gasteiger partial charge in [-0.05, 0) is 50.9 Å². The average molecular weight is 345 g/mol. The Hall–Kier alpha value is -1.30. The van der Waals surface area contributed by atoms with Gasteiger partial charge in [0.2, 0.25) is 5.91 Å². The lowest BCUT2D eigenvalue weighted by molar-refractivity contribution is -0.122. The molecular weight excluding hydrogens is 323 g/mol. The summed E-state index contributed by atoms with van der Waals surface area (Å²) in [5.41, 5.74) is 2.28. The van der Waals surface area contributed by atoms with Crippen LogP contribution in [-0.4, -0.2) is 28.0 Å². The van der Waals surface area contributed by atoms with Gasteiger partial charge in [0.15, 0.2) is 0 Å². The Bertz CT molecular complexity index is 650. The zero-order valence-corrected chi connectivity index (χ0v) is 14.4. The molecule has 2 aromatic rings. The van der Waals surface area contributed by atoms with Crippen molar-refractivity contribution >= 4 is 47.4 Å². The molecule has 1 unspecified atom stereocenters. The number of nitrogens with one attached hydrogen (secondary N) is 3. The molecular formula is C15H22Cl2N4O. The van der Waals surface area contributed by atoms with Gasteiger partial charge in [0.1, 0.15) is 5.82 Å². The van der Waals surface area contributed by atoms with Gasteiger partial charge in [0, 0.05) is 5.69 Å². The van der Waals surface area contributed by atoms with E-state index in [0.717, 1.165) is 48.4 Å². The third-order valence-corrected chi connectivity index (χ3v) is 4.14. The van der Waals surface area contributed by atoms with Crippen molar-refractivity contribution in [1.29, 1.82) is 0 Å². The number of aryl methyl sites for hydroxylation is 1. The summed E-state index contributed by atoms with van der Waals surface area (Å²) in [7, 11) is 0. The minimum absolute atomic E-state index is 0. The molecule has 22 heavy (non-hydrogen) atoms. The summed E-state index contributed by atoms with van der Waals surface area (Å²) in [5, 5.41) is 6.38. The van der Waals surface area contributed by atoms with Crippen LogP contribution in [0.15, 0.2) is 18.2 Å². The topological polar surface area (TPSA) is 69.8 Å². The normalized spacial score (nSPS) is 20.3. The molecule has 3 N–H and O–H groups in total. The zero-order valence-electron chi connectivity index (χ0n) is 12.7. The number of hydrogen-bond donors (Lipinski definition) is 3. The highest BCUT2D eigenvalue weighted by atomic mass is 35.5. The summed E-state index contributed by atoms with van der Waals surface area (Å²) in [5.74, 6) is 0.944. The molecule has 1 fully saturated rings. The molecule has 1 amide bonds. The van der Waals surface area contributed by atoms with Gasteiger partial charge in [-0.3, -0.25) is 4.79 Å². The molecule has 1 aliphatic heterocycles. The van der Waals surface area contributed by atoms with Crippen molar-refractivity contribution in [3.63, 3.8) is 0 Å². The number of aromatic amines is 1. The lowest BCUT2D eigenvalue weighted by Gasteiger charge is -2.26. The smallest absolute Gasteiger partial charge is 0.244 e. The van der Waals surface area contributed by atoms with Gasteiger partial charge in [0.25, 0.3) is 0 Å². The molecule has 1 aromatic carbocycles. The fourth-order valence-corrected chi connectivity index (χ4v) is 2.93. The number of hydrogen-bond acceptors (Lipinski definition) is 3. The minimum Gasteiger partial charge on any atom is -0.342 e. The van der Waals surface area contributed by atoms with Crippen molar-refractivity contribution in [2.24, 2.45) is 0 Å². The second-order valence-electron chi connectivity index (χ2n) is 5.47. The maximum absolute atomic E-state index is 12.5. The summed E-state index contributed by atoms with van der Waals surface area (Å²) < 4.78 is 0. The molecule has 7 heteroatoms. The first-order valence-corrected chi connectivity index (χ1v) is 7.16. The largest absolute Gasteiger partial charge is 0.342 e. The number of fused-ring (bicyclic) bond motifs is 1. The monoisotopic (exact) mass is 344 g/mol. The van der Waals surface area contributed by atoms with E-state index in [9.17, 15) is 4.79 Å². The highest BCUT2D eigenvalue weighted by Crippen LogP contribution is 2.25. The van der Waals surface area contributed by atoms with E-state index in [1.54, 1.807) is 0 Å². The molecule has 0 spiro atoms. The van der Waals surface area contributed by atoms with Crippen LogP contribution in [0, 0.1) is 6.92 Å². The molecule has 5 nitrogen and oxygen atoms in total. The second-order valence-corrected chi connectivity index (χ2v) is 5.47. The highest BCUT2D eigenvalue weighted by molar-refractivity contribution is 5.99. The van der Waals surface area contributed by atoms with Crippen molar-refractivity contribution in [3.05, 3.63) is 24.0 Å². The number of imidazole rings is 1. The zero-order chi connectivity index (χ0) is 14.2. The van der Waals surface area contributed by atoms with Crippen LogP contribution in [-0.2, 0) is 4.79 Å². The first-order chi connectivity index (χ1) is 9.63. The Morgan fingerprint density at radius 1 is 1.41 bits per heavy atom. The fraction of sp³-hybridized carbons (Fsp3) is 0.467. The first kappa shape index (κ1) is 18.7. The predicted molar refractivity (Wildman–Crippen MR) is 94.2 cm³/mol. The van der Waals surface area contributed by atoms with E-state index in [2.05, 4.69) is 27.5 Å². The maximum Gasteiger partial charge on any atom is 0.244 e. The van der Waals surface area contributed by atoms with Crippen molar-refractivity contribution in [2.75, 3.05) is 11.9 Å². The van der Waals surface area contributed by atoms with E-state index in [4.69, 9.17) is 0 Å². The maximum atomic E-state index is 12.5. The van der Waals surface area contributed by atoms with Crippen molar-refractivity contribution < 1.29 is 4.79 Å². The van der Waals surface area contributed by atoms with Gasteiger partial charge in [-0.25, -0.2) is 4.98 Å². The van der Waals surface area contributed by atoms with Crippen LogP contribution in [0.25, 0.3) is 11.0 Å². The lowest BCUT2D eigenvalue weighted by atomic mass is 9.93. The van der Waals surface area contributed by atoms with E-state index in [0.29, 0.717) is 0 Å². The average Bonchev–Trinajstić information content (AvgIpc) is 3.04. The van der Waals surface area contributed by atoms with E-state index in [1.165, 1.54) is 0 Å². The Morgan fingerprint density at radius 2 is 2.18 bits per heavy atom. The standard InChI is InChI=1S/C15H20N4O.2ClH/c1-3-15(7-4-8-16-15)14(20)19-11-5-6-12-13(9-11)18-10(2)17-12;;/h5-6,9,16H,3-4,7-8H2,1-2H3,(H,17,18)(H,19,20);2*1H. The highest BCUT2D eigenvalue weighted by Gasteiger charge is 2.39. The second kappa shape index (κ2) is 7.31. The van der Waals surface area contributed by atoms with E-state index >= 15 is 0 Å². The number of nitrogens with zero attached hydrogens (tertiary/aromatic N) is 1. The van der Waals surface area contributed by atoms with Crippen LogP contribution < -0.4 is 10.6 Å². The minimum atomic E-state index is -0.404. The Morgan fingerprint density at radius 3 is 2.82 bits per heavy atom. The Labute approximate surface area is 142 Å². The van der Waals surface area contributed by atoms with E-state index < -0.39 is 5.54 Å². The summed E-state index contributed by atoms with van der Waals surface area (Å²) >= 11 is 0. The van der Waals surface area contributed by atoms with Crippen LogP contribution in [0.3, 0.4) is 0 Å². The molecule has 0 aliphatic carbocycles. The van der Waals surface area contributed by atoms with Gasteiger partial charge in [0.05, 0.1) is 16.6 Å². The molecule has 1 aliphatic rings. The van der Waals surface area contributed by atoms with Crippen LogP contribution >= 0.6 is 24.8 Å². The van der Waals surface area contributed by atoms with Crippen LogP contribution in [0.5, 0.6) is 0 Å². The summed E-state index contributed by atoms with van der Waals surface area (Å²) in [6, 6.07) is 5.76. The number of aromatic nitrogens is 2. The van der Waals surface area contributed by atoms with E-state index in [1.807, 2.05) is 25.1 Å². The van der Waals surface area contributed by atoms with Crippen LogP contribution in [0.1, 0.15) is 32.0 Å².